The molecule has 27 heavy (non-hydrogen) atoms. The zero-order valence-electron chi connectivity index (χ0n) is 15.4. The molecule has 0 saturated carbocycles. The normalized spacial score (nSPS) is 13.1. The molecule has 0 amide bonds. The molecule has 0 atom stereocenters. The van der Waals surface area contributed by atoms with Crippen molar-refractivity contribution in [2.75, 3.05) is 26.8 Å². The van der Waals surface area contributed by atoms with Crippen LogP contribution in [0.2, 0.25) is 0 Å². The molecule has 140 valence electrons. The minimum Gasteiger partial charge on any atom is -0.493 e. The van der Waals surface area contributed by atoms with Crippen molar-refractivity contribution in [1.82, 2.24) is 9.97 Å². The van der Waals surface area contributed by atoms with Gasteiger partial charge in [0.15, 0.2) is 17.3 Å². The van der Waals surface area contributed by atoms with E-state index >= 15 is 0 Å². The number of benzene rings is 1. The minimum absolute atomic E-state index is 0.552. The lowest BCUT2D eigenvalue weighted by atomic mass is 10.2. The summed E-state index contributed by atoms with van der Waals surface area (Å²) in [7, 11) is 4.76. The van der Waals surface area contributed by atoms with Gasteiger partial charge >= 0.3 is 0 Å². The third-order valence-corrected chi connectivity index (χ3v) is 5.77. The summed E-state index contributed by atoms with van der Waals surface area (Å²) >= 11 is 1.75. The molecule has 0 saturated heterocycles. The zero-order chi connectivity index (χ0) is 18.8. The van der Waals surface area contributed by atoms with E-state index in [-0.39, 0.29) is 0 Å². The second-order valence-corrected chi connectivity index (χ2v) is 7.17. The number of fused-ring (bicyclic) bond motifs is 3. The van der Waals surface area contributed by atoms with Crippen LogP contribution in [0.4, 0.5) is 5.82 Å². The van der Waals surface area contributed by atoms with Crippen LogP contribution >= 0.6 is 11.3 Å². The van der Waals surface area contributed by atoms with Crippen LogP contribution in [0.25, 0.3) is 10.2 Å². The van der Waals surface area contributed by atoms with E-state index in [1.165, 1.54) is 16.9 Å². The number of ether oxygens (including phenoxy) is 3. The van der Waals surface area contributed by atoms with Gasteiger partial charge in [-0.25, -0.2) is 9.97 Å². The maximum Gasteiger partial charge on any atom is 0.203 e. The number of nitrogens with zero attached hydrogens (tertiary/aromatic N) is 3. The highest BCUT2D eigenvalue weighted by Crippen LogP contribution is 2.39. The number of hydrogen-bond acceptors (Lipinski definition) is 8. The summed E-state index contributed by atoms with van der Waals surface area (Å²) in [6.07, 6.45) is 6.68. The topological polar surface area (TPSA) is 77.9 Å². The zero-order valence-corrected chi connectivity index (χ0v) is 16.2. The number of hydrazone groups is 1. The van der Waals surface area contributed by atoms with Crippen molar-refractivity contribution in [3.8, 4) is 17.2 Å². The quantitative estimate of drug-likeness (QED) is 0.516. The summed E-state index contributed by atoms with van der Waals surface area (Å²) in [6, 6.07) is 3.68. The lowest BCUT2D eigenvalue weighted by molar-refractivity contribution is 0.324. The fourth-order valence-electron chi connectivity index (χ4n) is 3.36. The van der Waals surface area contributed by atoms with Crippen LogP contribution in [0.3, 0.4) is 0 Å². The van der Waals surface area contributed by atoms with Crippen LogP contribution in [0.5, 0.6) is 17.2 Å². The monoisotopic (exact) mass is 384 g/mol. The van der Waals surface area contributed by atoms with Crippen LogP contribution in [0.1, 0.15) is 22.4 Å². The number of hydrogen-bond donors (Lipinski definition) is 1. The summed E-state index contributed by atoms with van der Waals surface area (Å²) in [6.45, 7) is 0. The molecule has 7 nitrogen and oxygen atoms in total. The average Bonchev–Trinajstić information content (AvgIpc) is 3.28. The smallest absolute Gasteiger partial charge is 0.203 e. The second kappa shape index (κ2) is 7.40. The van der Waals surface area contributed by atoms with Crippen molar-refractivity contribution >= 4 is 33.6 Å². The van der Waals surface area contributed by atoms with Gasteiger partial charge < -0.3 is 14.2 Å². The summed E-state index contributed by atoms with van der Waals surface area (Å²) in [5.41, 5.74) is 5.25. The van der Waals surface area contributed by atoms with E-state index < -0.39 is 0 Å². The first kappa shape index (κ1) is 17.5. The van der Waals surface area contributed by atoms with E-state index in [2.05, 4.69) is 20.5 Å². The lowest BCUT2D eigenvalue weighted by Crippen LogP contribution is -1.98. The number of anilines is 1. The summed E-state index contributed by atoms with van der Waals surface area (Å²) in [4.78, 5) is 11.2. The Morgan fingerprint density at radius 3 is 2.56 bits per heavy atom. The predicted molar refractivity (Wildman–Crippen MR) is 107 cm³/mol. The van der Waals surface area contributed by atoms with E-state index in [1.807, 2.05) is 12.1 Å². The SMILES string of the molecule is COc1cc(/C=N/Nc2ncnc3sc4c(c23)CCC4)cc(OC)c1OC. The van der Waals surface area contributed by atoms with Crippen molar-refractivity contribution < 1.29 is 14.2 Å². The molecule has 0 spiro atoms. The van der Waals surface area contributed by atoms with Crippen LogP contribution in [-0.2, 0) is 12.8 Å². The fourth-order valence-corrected chi connectivity index (χ4v) is 4.59. The third kappa shape index (κ3) is 3.16. The van der Waals surface area contributed by atoms with Crippen molar-refractivity contribution in [3.05, 3.63) is 34.5 Å². The second-order valence-electron chi connectivity index (χ2n) is 6.09. The van der Waals surface area contributed by atoms with Gasteiger partial charge in [-0.05, 0) is 37.0 Å². The molecule has 0 aliphatic heterocycles. The lowest BCUT2D eigenvalue weighted by Gasteiger charge is -2.12. The summed E-state index contributed by atoms with van der Waals surface area (Å²) < 4.78 is 16.1. The molecular formula is C19H20N4O3S. The molecule has 0 radical (unpaired) electrons. The molecule has 0 fully saturated rings. The molecule has 0 bridgehead atoms. The highest BCUT2D eigenvalue weighted by atomic mass is 32.1. The Balaban J connectivity index is 1.63. The molecule has 1 aliphatic carbocycles. The standard InChI is InChI=1S/C19H20N4O3S/c1-24-13-7-11(8-14(25-2)17(13)26-3)9-22-23-18-16-12-5-4-6-15(12)27-19(16)21-10-20-18/h7-10H,4-6H2,1-3H3,(H,20,21,23)/b22-9+. The number of nitrogens with one attached hydrogen (secondary N) is 1. The van der Waals surface area contributed by atoms with Gasteiger partial charge in [-0.15, -0.1) is 11.3 Å². The Kier molecular flexibility index (Phi) is 4.81. The van der Waals surface area contributed by atoms with Gasteiger partial charge in [-0.2, -0.15) is 5.10 Å². The van der Waals surface area contributed by atoms with E-state index in [9.17, 15) is 0 Å². The largest absolute Gasteiger partial charge is 0.493 e. The van der Waals surface area contributed by atoms with E-state index in [0.29, 0.717) is 17.2 Å². The number of aromatic nitrogens is 2. The van der Waals surface area contributed by atoms with Crippen molar-refractivity contribution in [2.45, 2.75) is 19.3 Å². The van der Waals surface area contributed by atoms with E-state index in [0.717, 1.165) is 34.4 Å². The number of methoxy groups -OCH3 is 3. The molecule has 3 aromatic rings. The van der Waals surface area contributed by atoms with Crippen LogP contribution < -0.4 is 19.6 Å². The van der Waals surface area contributed by atoms with Crippen LogP contribution in [0, 0.1) is 0 Å². The maximum atomic E-state index is 5.38. The number of rotatable bonds is 6. The van der Waals surface area contributed by atoms with Crippen molar-refractivity contribution in [3.63, 3.8) is 0 Å². The van der Waals surface area contributed by atoms with Gasteiger partial charge in [-0.1, -0.05) is 0 Å². The molecule has 8 heteroatoms. The molecule has 2 aromatic heterocycles. The van der Waals surface area contributed by atoms with Gasteiger partial charge in [-0.3, -0.25) is 5.43 Å². The molecule has 1 N–H and O–H groups in total. The van der Waals surface area contributed by atoms with Gasteiger partial charge in [0.1, 0.15) is 11.2 Å². The first-order chi connectivity index (χ1) is 13.2. The number of aryl methyl sites for hydroxylation is 2. The van der Waals surface area contributed by atoms with Gasteiger partial charge in [0, 0.05) is 10.4 Å². The molecule has 0 unspecified atom stereocenters. The molecular weight excluding hydrogens is 364 g/mol. The highest BCUT2D eigenvalue weighted by molar-refractivity contribution is 7.19. The maximum absolute atomic E-state index is 5.38. The van der Waals surface area contributed by atoms with Crippen molar-refractivity contribution in [2.24, 2.45) is 5.10 Å². The molecule has 2 heterocycles. The number of thiophene rings is 1. The van der Waals surface area contributed by atoms with Gasteiger partial charge in [0.2, 0.25) is 5.75 Å². The Bertz CT molecular complexity index is 991. The minimum atomic E-state index is 0.552. The highest BCUT2D eigenvalue weighted by Gasteiger charge is 2.21. The van der Waals surface area contributed by atoms with Gasteiger partial charge in [0.25, 0.3) is 0 Å². The molecule has 1 aliphatic rings. The Morgan fingerprint density at radius 1 is 1.07 bits per heavy atom. The van der Waals surface area contributed by atoms with E-state index in [4.69, 9.17) is 14.2 Å². The molecule has 1 aromatic carbocycles. The fraction of sp³-hybridized carbons (Fsp3) is 0.316. The van der Waals surface area contributed by atoms with Crippen LogP contribution in [0.15, 0.2) is 23.6 Å². The third-order valence-electron chi connectivity index (χ3n) is 4.57. The van der Waals surface area contributed by atoms with E-state index in [1.54, 1.807) is 45.2 Å². The molecule has 4 rings (SSSR count). The predicted octanol–water partition coefficient (Wildman–Crippen LogP) is 3.65. The Hall–Kier alpha value is -2.87. The summed E-state index contributed by atoms with van der Waals surface area (Å²) in [5, 5.41) is 5.46. The summed E-state index contributed by atoms with van der Waals surface area (Å²) in [5.74, 6) is 2.45. The van der Waals surface area contributed by atoms with Crippen molar-refractivity contribution in [1.29, 1.82) is 0 Å². The average molecular weight is 384 g/mol. The Labute approximate surface area is 161 Å². The first-order valence-corrected chi connectivity index (χ1v) is 9.41. The first-order valence-electron chi connectivity index (χ1n) is 8.59. The van der Waals surface area contributed by atoms with Gasteiger partial charge in [0.05, 0.1) is 32.9 Å². The van der Waals surface area contributed by atoms with Crippen LogP contribution in [-0.4, -0.2) is 37.5 Å². The Morgan fingerprint density at radius 2 is 1.85 bits per heavy atom.